The summed E-state index contributed by atoms with van der Waals surface area (Å²) in [6.07, 6.45) is -4.33. The molecular weight excluding hydrogens is 149 g/mol. The van der Waals surface area contributed by atoms with Gasteiger partial charge in [-0.3, -0.25) is 0 Å². The lowest BCUT2D eigenvalue weighted by Crippen LogP contribution is -2.40. The quantitative estimate of drug-likeness (QED) is 0.515. The molecule has 0 aromatic carbocycles. The summed E-state index contributed by atoms with van der Waals surface area (Å²) in [7, 11) is 0. The van der Waals surface area contributed by atoms with Crippen molar-refractivity contribution in [1.82, 2.24) is 10.6 Å². The van der Waals surface area contributed by atoms with E-state index in [9.17, 15) is 18.0 Å². The van der Waals surface area contributed by atoms with Crippen LogP contribution in [0.5, 0.6) is 0 Å². The molecular formula is C4H5F3N2O. The number of carbonyl (C=O) groups is 1. The van der Waals surface area contributed by atoms with E-state index >= 15 is 0 Å². The van der Waals surface area contributed by atoms with Crippen molar-refractivity contribution in [1.29, 1.82) is 0 Å². The average Bonchev–Trinajstić information content (AvgIpc) is 2.11. The molecule has 58 valence electrons. The third-order valence-corrected chi connectivity index (χ3v) is 1.17. The number of alkyl halides is 3. The van der Waals surface area contributed by atoms with Crippen LogP contribution in [-0.2, 0) is 0 Å². The highest BCUT2D eigenvalue weighted by molar-refractivity contribution is 5.76. The molecule has 2 N–H and O–H groups in total. The Bertz CT molecular complexity index is 155. The molecule has 0 unspecified atom stereocenters. The summed E-state index contributed by atoms with van der Waals surface area (Å²) in [5.41, 5.74) is 0. The zero-order valence-corrected chi connectivity index (χ0v) is 4.83. The van der Waals surface area contributed by atoms with Crippen molar-refractivity contribution in [3.63, 3.8) is 0 Å². The minimum absolute atomic E-state index is 0.373. The van der Waals surface area contributed by atoms with E-state index in [1.165, 1.54) is 0 Å². The van der Waals surface area contributed by atoms with E-state index in [0.29, 0.717) is 0 Å². The zero-order chi connectivity index (χ0) is 7.78. The lowest BCUT2D eigenvalue weighted by molar-refractivity contribution is -0.148. The number of rotatable bonds is 0. The van der Waals surface area contributed by atoms with Crippen molar-refractivity contribution in [2.75, 3.05) is 6.54 Å². The summed E-state index contributed by atoms with van der Waals surface area (Å²) in [6.45, 7) is -0.373. The second-order valence-electron chi connectivity index (χ2n) is 1.95. The lowest BCUT2D eigenvalue weighted by atomic mass is 10.3. The van der Waals surface area contributed by atoms with Crippen LogP contribution in [0.15, 0.2) is 0 Å². The van der Waals surface area contributed by atoms with Gasteiger partial charge in [0.15, 0.2) is 0 Å². The molecule has 0 aliphatic carbocycles. The van der Waals surface area contributed by atoms with Crippen molar-refractivity contribution in [3.8, 4) is 0 Å². The Kier molecular flexibility index (Phi) is 1.46. The summed E-state index contributed by atoms with van der Waals surface area (Å²) >= 11 is 0. The maximum Gasteiger partial charge on any atom is 0.410 e. The maximum atomic E-state index is 11.7. The van der Waals surface area contributed by atoms with Crippen molar-refractivity contribution < 1.29 is 18.0 Å². The number of nitrogens with one attached hydrogen (secondary N) is 2. The SMILES string of the molecule is O=C1NC[C@@H](C(F)(F)F)N1. The van der Waals surface area contributed by atoms with Crippen LogP contribution >= 0.6 is 0 Å². The fraction of sp³-hybridized carbons (Fsp3) is 0.750. The van der Waals surface area contributed by atoms with Crippen LogP contribution in [0.1, 0.15) is 0 Å². The Hall–Kier alpha value is -0.940. The van der Waals surface area contributed by atoms with Gasteiger partial charge < -0.3 is 10.6 Å². The Morgan fingerprint density at radius 3 is 2.30 bits per heavy atom. The van der Waals surface area contributed by atoms with Crippen molar-refractivity contribution in [2.45, 2.75) is 12.2 Å². The van der Waals surface area contributed by atoms with E-state index in [0.717, 1.165) is 0 Å². The van der Waals surface area contributed by atoms with E-state index in [-0.39, 0.29) is 6.54 Å². The smallest absolute Gasteiger partial charge is 0.336 e. The van der Waals surface area contributed by atoms with Gasteiger partial charge in [-0.2, -0.15) is 13.2 Å². The molecule has 1 fully saturated rings. The number of urea groups is 1. The summed E-state index contributed by atoms with van der Waals surface area (Å²) < 4.78 is 35.0. The molecule has 0 spiro atoms. The standard InChI is InChI=1S/C4H5F3N2O/c5-4(6,7)2-1-8-3(10)9-2/h2H,1H2,(H2,8,9,10)/t2-/m0/s1. The van der Waals surface area contributed by atoms with Gasteiger partial charge in [0.1, 0.15) is 6.04 Å². The molecule has 1 saturated heterocycles. The van der Waals surface area contributed by atoms with E-state index in [2.05, 4.69) is 0 Å². The largest absolute Gasteiger partial charge is 0.410 e. The predicted octanol–water partition coefficient (Wildman–Crippen LogP) is 0.230. The highest BCUT2D eigenvalue weighted by atomic mass is 19.4. The minimum Gasteiger partial charge on any atom is -0.336 e. The van der Waals surface area contributed by atoms with E-state index in [1.807, 2.05) is 5.32 Å². The van der Waals surface area contributed by atoms with E-state index < -0.39 is 18.2 Å². The van der Waals surface area contributed by atoms with Crippen LogP contribution in [0.25, 0.3) is 0 Å². The first-order valence-corrected chi connectivity index (χ1v) is 2.61. The van der Waals surface area contributed by atoms with Gasteiger partial charge in [0.2, 0.25) is 0 Å². The Labute approximate surface area is 54.6 Å². The summed E-state index contributed by atoms with van der Waals surface area (Å²) in [5.74, 6) is 0. The third kappa shape index (κ3) is 1.31. The number of carbonyl (C=O) groups excluding carboxylic acids is 1. The summed E-state index contributed by atoms with van der Waals surface area (Å²) in [6, 6.07) is -2.48. The molecule has 0 saturated carbocycles. The van der Waals surface area contributed by atoms with Crippen molar-refractivity contribution in [2.24, 2.45) is 0 Å². The lowest BCUT2D eigenvalue weighted by Gasteiger charge is -2.11. The molecule has 10 heavy (non-hydrogen) atoms. The van der Waals surface area contributed by atoms with Gasteiger partial charge in [-0.1, -0.05) is 0 Å². The topological polar surface area (TPSA) is 41.1 Å². The first-order chi connectivity index (χ1) is 4.50. The van der Waals surface area contributed by atoms with Crippen LogP contribution in [0.2, 0.25) is 0 Å². The molecule has 1 atom stereocenters. The molecule has 0 aromatic rings. The summed E-state index contributed by atoms with van der Waals surface area (Å²) in [4.78, 5) is 10.2. The molecule has 1 heterocycles. The summed E-state index contributed by atoms with van der Waals surface area (Å²) in [5, 5.41) is 3.72. The van der Waals surface area contributed by atoms with Crippen LogP contribution in [0.4, 0.5) is 18.0 Å². The highest BCUT2D eigenvalue weighted by Crippen LogP contribution is 2.20. The van der Waals surface area contributed by atoms with Crippen LogP contribution < -0.4 is 10.6 Å². The van der Waals surface area contributed by atoms with Crippen LogP contribution in [0, 0.1) is 0 Å². The van der Waals surface area contributed by atoms with Gasteiger partial charge in [0.05, 0.1) is 0 Å². The van der Waals surface area contributed by atoms with Gasteiger partial charge in [-0.05, 0) is 0 Å². The number of amides is 2. The maximum absolute atomic E-state index is 11.7. The van der Waals surface area contributed by atoms with Crippen molar-refractivity contribution >= 4 is 6.03 Å². The molecule has 1 aliphatic heterocycles. The van der Waals surface area contributed by atoms with E-state index in [4.69, 9.17) is 0 Å². The highest BCUT2D eigenvalue weighted by Gasteiger charge is 2.43. The molecule has 3 nitrogen and oxygen atoms in total. The second-order valence-corrected chi connectivity index (χ2v) is 1.95. The Balaban J connectivity index is 2.53. The molecule has 0 bridgehead atoms. The molecule has 0 aromatic heterocycles. The monoisotopic (exact) mass is 154 g/mol. The Morgan fingerprint density at radius 2 is 2.10 bits per heavy atom. The first-order valence-electron chi connectivity index (χ1n) is 2.61. The van der Waals surface area contributed by atoms with Gasteiger partial charge in [-0.25, -0.2) is 4.79 Å². The van der Waals surface area contributed by atoms with Gasteiger partial charge in [0.25, 0.3) is 0 Å². The van der Waals surface area contributed by atoms with Gasteiger partial charge >= 0.3 is 12.2 Å². The van der Waals surface area contributed by atoms with Gasteiger partial charge in [0, 0.05) is 6.54 Å². The number of hydrogen-bond acceptors (Lipinski definition) is 1. The fourth-order valence-electron chi connectivity index (χ4n) is 0.653. The van der Waals surface area contributed by atoms with E-state index in [1.54, 1.807) is 5.32 Å². The number of halogens is 3. The minimum atomic E-state index is -4.33. The fourth-order valence-corrected chi connectivity index (χ4v) is 0.653. The molecule has 2 amide bonds. The second kappa shape index (κ2) is 2.03. The average molecular weight is 154 g/mol. The predicted molar refractivity (Wildman–Crippen MR) is 26.4 cm³/mol. The normalized spacial score (nSPS) is 25.9. The Morgan fingerprint density at radius 1 is 1.50 bits per heavy atom. The molecule has 6 heteroatoms. The third-order valence-electron chi connectivity index (χ3n) is 1.17. The van der Waals surface area contributed by atoms with Crippen molar-refractivity contribution in [3.05, 3.63) is 0 Å². The van der Waals surface area contributed by atoms with Crippen LogP contribution in [0.3, 0.4) is 0 Å². The van der Waals surface area contributed by atoms with Gasteiger partial charge in [-0.15, -0.1) is 0 Å². The number of hydrogen-bond donors (Lipinski definition) is 2. The molecule has 0 radical (unpaired) electrons. The molecule has 1 rings (SSSR count). The molecule has 1 aliphatic rings. The van der Waals surface area contributed by atoms with Crippen LogP contribution in [-0.4, -0.2) is 24.8 Å². The first kappa shape index (κ1) is 7.17. The zero-order valence-electron chi connectivity index (χ0n) is 4.83.